The molecule has 0 aromatic heterocycles. The van der Waals surface area contributed by atoms with Gasteiger partial charge in [-0.15, -0.1) is 0 Å². The number of hydrogen-bond acceptors (Lipinski definition) is 6. The summed E-state index contributed by atoms with van der Waals surface area (Å²) in [6.07, 6.45) is 3.66. The Morgan fingerprint density at radius 2 is 2.04 bits per heavy atom. The molecular weight excluding hydrogens is 292 g/mol. The zero-order valence-electron chi connectivity index (χ0n) is 13.0. The van der Waals surface area contributed by atoms with Crippen LogP contribution in [-0.2, 0) is 0 Å². The van der Waals surface area contributed by atoms with Gasteiger partial charge in [-0.25, -0.2) is 0 Å². The minimum absolute atomic E-state index is 0.0846. The summed E-state index contributed by atoms with van der Waals surface area (Å²) in [5, 5.41) is 24.0. The van der Waals surface area contributed by atoms with Gasteiger partial charge in [-0.1, -0.05) is 12.1 Å². The number of para-hydroxylation sites is 1. The fourth-order valence-corrected chi connectivity index (χ4v) is 2.49. The Morgan fingerprint density at radius 1 is 1.30 bits per heavy atom. The average molecular weight is 316 g/mol. The van der Waals surface area contributed by atoms with E-state index < -0.39 is 0 Å². The van der Waals surface area contributed by atoms with E-state index in [1.54, 1.807) is 30.3 Å². The molecule has 23 heavy (non-hydrogen) atoms. The smallest absolute Gasteiger partial charge is 0.141 e. The summed E-state index contributed by atoms with van der Waals surface area (Å²) in [6, 6.07) is 6.96. The van der Waals surface area contributed by atoms with Crippen molar-refractivity contribution in [2.24, 2.45) is 17.2 Å². The van der Waals surface area contributed by atoms with Crippen molar-refractivity contribution < 1.29 is 5.11 Å². The molecule has 1 atom stereocenters. The molecule has 1 aliphatic rings. The first-order valence-electron chi connectivity index (χ1n) is 7.56. The van der Waals surface area contributed by atoms with E-state index in [4.69, 9.17) is 22.6 Å². The van der Waals surface area contributed by atoms with E-state index in [2.05, 4.69) is 10.6 Å². The number of allylic oxidation sites excluding steroid dienone is 1. The molecular formula is C16H24N6O. The highest BCUT2D eigenvalue weighted by atomic mass is 16.3. The summed E-state index contributed by atoms with van der Waals surface area (Å²) < 4.78 is 0. The second-order valence-corrected chi connectivity index (χ2v) is 5.55. The van der Waals surface area contributed by atoms with E-state index in [0.29, 0.717) is 17.0 Å². The van der Waals surface area contributed by atoms with Gasteiger partial charge in [0.15, 0.2) is 0 Å². The van der Waals surface area contributed by atoms with Crippen LogP contribution in [0.3, 0.4) is 0 Å². The first-order chi connectivity index (χ1) is 11.0. The van der Waals surface area contributed by atoms with Crippen LogP contribution in [0.15, 0.2) is 41.7 Å². The van der Waals surface area contributed by atoms with Gasteiger partial charge in [0, 0.05) is 23.8 Å². The van der Waals surface area contributed by atoms with Crippen molar-refractivity contribution in [3.05, 3.63) is 47.3 Å². The lowest BCUT2D eigenvalue weighted by Crippen LogP contribution is -2.43. The number of aromatic hydroxyl groups is 1. The number of hydrogen-bond donors (Lipinski definition) is 7. The van der Waals surface area contributed by atoms with Crippen molar-refractivity contribution in [2.45, 2.75) is 18.9 Å². The molecule has 1 aliphatic heterocycles. The first kappa shape index (κ1) is 16.7. The molecule has 124 valence electrons. The molecule has 0 bridgehead atoms. The number of phenols is 1. The molecule has 7 nitrogen and oxygen atoms in total. The van der Waals surface area contributed by atoms with E-state index in [9.17, 15) is 5.11 Å². The SMILES string of the molecule is N=C(N)/C(N)=C(/C=C(\N)c1ccccc1O)NC1CCCNC1. The van der Waals surface area contributed by atoms with Crippen LogP contribution in [0.4, 0.5) is 0 Å². The van der Waals surface area contributed by atoms with Crippen molar-refractivity contribution in [1.29, 1.82) is 5.41 Å². The van der Waals surface area contributed by atoms with Gasteiger partial charge in [0.25, 0.3) is 0 Å². The van der Waals surface area contributed by atoms with Crippen LogP contribution in [0.1, 0.15) is 18.4 Å². The monoisotopic (exact) mass is 316 g/mol. The predicted molar refractivity (Wildman–Crippen MR) is 92.4 cm³/mol. The average Bonchev–Trinajstić information content (AvgIpc) is 2.54. The number of nitrogens with one attached hydrogen (secondary N) is 3. The van der Waals surface area contributed by atoms with Crippen LogP contribution in [0.2, 0.25) is 0 Å². The second-order valence-electron chi connectivity index (χ2n) is 5.55. The van der Waals surface area contributed by atoms with Crippen molar-refractivity contribution in [3.63, 3.8) is 0 Å². The molecule has 1 unspecified atom stereocenters. The fourth-order valence-electron chi connectivity index (χ4n) is 2.49. The lowest BCUT2D eigenvalue weighted by atomic mass is 10.1. The summed E-state index contributed by atoms with van der Waals surface area (Å²) in [5.41, 5.74) is 19.0. The highest BCUT2D eigenvalue weighted by Gasteiger charge is 2.16. The van der Waals surface area contributed by atoms with E-state index in [0.717, 1.165) is 25.9 Å². The number of amidine groups is 1. The minimum atomic E-state index is -0.224. The van der Waals surface area contributed by atoms with E-state index in [1.165, 1.54) is 0 Å². The van der Waals surface area contributed by atoms with Crippen LogP contribution in [0.5, 0.6) is 5.75 Å². The maximum Gasteiger partial charge on any atom is 0.141 e. The predicted octanol–water partition coefficient (Wildman–Crippen LogP) is 0.140. The zero-order chi connectivity index (χ0) is 16.8. The van der Waals surface area contributed by atoms with Gasteiger partial charge in [0.05, 0.1) is 11.4 Å². The molecule has 0 amide bonds. The molecule has 1 aromatic carbocycles. The van der Waals surface area contributed by atoms with Gasteiger partial charge in [-0.05, 0) is 37.6 Å². The van der Waals surface area contributed by atoms with Crippen LogP contribution >= 0.6 is 0 Å². The van der Waals surface area contributed by atoms with Crippen LogP contribution in [0, 0.1) is 5.41 Å². The lowest BCUT2D eigenvalue weighted by molar-refractivity contribution is 0.416. The largest absolute Gasteiger partial charge is 0.507 e. The van der Waals surface area contributed by atoms with Gasteiger partial charge >= 0.3 is 0 Å². The summed E-state index contributed by atoms with van der Waals surface area (Å²) in [6.45, 7) is 1.80. The third-order valence-corrected chi connectivity index (χ3v) is 3.75. The Morgan fingerprint density at radius 3 is 2.65 bits per heavy atom. The van der Waals surface area contributed by atoms with E-state index in [-0.39, 0.29) is 23.3 Å². The molecule has 7 heteroatoms. The van der Waals surface area contributed by atoms with Gasteiger partial charge in [-0.2, -0.15) is 0 Å². The van der Waals surface area contributed by atoms with Gasteiger partial charge in [0.2, 0.25) is 0 Å². The third kappa shape index (κ3) is 4.40. The number of rotatable bonds is 5. The van der Waals surface area contributed by atoms with Gasteiger partial charge < -0.3 is 32.9 Å². The number of nitrogens with two attached hydrogens (primary N) is 3. The Hall–Kier alpha value is -2.67. The molecule has 1 saturated heterocycles. The van der Waals surface area contributed by atoms with Crippen LogP contribution in [0.25, 0.3) is 5.70 Å². The highest BCUT2D eigenvalue weighted by Crippen LogP contribution is 2.22. The summed E-state index contributed by atoms with van der Waals surface area (Å²) in [7, 11) is 0. The number of benzene rings is 1. The van der Waals surface area contributed by atoms with E-state index in [1.807, 2.05) is 0 Å². The Balaban J connectivity index is 2.30. The number of piperidine rings is 1. The molecule has 10 N–H and O–H groups in total. The van der Waals surface area contributed by atoms with Crippen molar-refractivity contribution in [3.8, 4) is 5.75 Å². The van der Waals surface area contributed by atoms with Crippen molar-refractivity contribution in [2.75, 3.05) is 13.1 Å². The molecule has 1 fully saturated rings. The van der Waals surface area contributed by atoms with Crippen molar-refractivity contribution in [1.82, 2.24) is 10.6 Å². The fraction of sp³-hybridized carbons (Fsp3) is 0.312. The Kier molecular flexibility index (Phi) is 5.48. The normalized spacial score (nSPS) is 19.8. The summed E-state index contributed by atoms with van der Waals surface area (Å²) >= 11 is 0. The zero-order valence-corrected chi connectivity index (χ0v) is 13.0. The first-order valence-corrected chi connectivity index (χ1v) is 7.56. The second kappa shape index (κ2) is 7.55. The topological polar surface area (TPSA) is 146 Å². The maximum atomic E-state index is 9.90. The molecule has 0 aliphatic carbocycles. The Bertz CT molecular complexity index is 631. The maximum absolute atomic E-state index is 9.90. The Labute approximate surface area is 135 Å². The third-order valence-electron chi connectivity index (χ3n) is 3.75. The van der Waals surface area contributed by atoms with E-state index >= 15 is 0 Å². The molecule has 1 heterocycles. The number of phenolic OH excluding ortho intramolecular Hbond substituents is 1. The highest BCUT2D eigenvalue weighted by molar-refractivity contribution is 5.95. The minimum Gasteiger partial charge on any atom is -0.507 e. The molecule has 2 rings (SSSR count). The molecule has 1 aromatic rings. The summed E-state index contributed by atoms with van der Waals surface area (Å²) in [4.78, 5) is 0. The standard InChI is InChI=1S/C16H24N6O/c17-12(11-5-1-2-6-14(11)23)8-13(15(18)16(19)20)22-10-4-3-7-21-9-10/h1-2,5-6,8,10,21-23H,3-4,7,9,17-18H2,(H3,19,20)/b12-8-,15-13+. The van der Waals surface area contributed by atoms with Crippen LogP contribution in [-0.4, -0.2) is 30.1 Å². The molecule has 0 saturated carbocycles. The molecule has 0 radical (unpaired) electrons. The van der Waals surface area contributed by atoms with Gasteiger partial charge in [-0.3, -0.25) is 5.41 Å². The van der Waals surface area contributed by atoms with Crippen molar-refractivity contribution >= 4 is 11.5 Å². The summed E-state index contributed by atoms with van der Waals surface area (Å²) in [5.74, 6) is -0.140. The molecule has 0 spiro atoms. The lowest BCUT2D eigenvalue weighted by Gasteiger charge is -2.26. The quantitative estimate of drug-likeness (QED) is 0.234. The van der Waals surface area contributed by atoms with Gasteiger partial charge in [0.1, 0.15) is 11.6 Å². The van der Waals surface area contributed by atoms with Crippen LogP contribution < -0.4 is 27.8 Å².